The van der Waals surface area contributed by atoms with E-state index in [0.717, 1.165) is 58.5 Å². The quantitative estimate of drug-likeness (QED) is 0.227. The fourth-order valence-electron chi connectivity index (χ4n) is 5.03. The van der Waals surface area contributed by atoms with Crippen LogP contribution in [-0.4, -0.2) is 80.0 Å². The van der Waals surface area contributed by atoms with Crippen LogP contribution < -0.4 is 10.6 Å². The molecule has 9 heteroatoms. The maximum Gasteiger partial charge on any atom is 0.338 e. The summed E-state index contributed by atoms with van der Waals surface area (Å²) >= 11 is 0. The molecule has 0 aliphatic carbocycles. The molecule has 0 unspecified atom stereocenters. The molecule has 0 spiro atoms. The molecule has 2 N–H and O–H groups in total. The van der Waals surface area contributed by atoms with Gasteiger partial charge in [-0.1, -0.05) is 72.6 Å². The van der Waals surface area contributed by atoms with E-state index < -0.39 is 35.2 Å². The fourth-order valence-corrected chi connectivity index (χ4v) is 5.03. The number of unbranched alkanes of at least 4 members (excludes halogenated alkanes) is 6. The third kappa shape index (κ3) is 11.2. The molecule has 2 saturated heterocycles. The first-order valence-corrected chi connectivity index (χ1v) is 14.7. The molecule has 38 heavy (non-hydrogen) atoms. The molecule has 0 bridgehead atoms. The molecule has 2 heterocycles. The van der Waals surface area contributed by atoms with Crippen LogP contribution in [0.4, 0.5) is 0 Å². The molecule has 0 radical (unpaired) electrons. The van der Waals surface area contributed by atoms with Crippen LogP contribution in [0.5, 0.6) is 0 Å². The molecule has 0 aromatic carbocycles. The minimum absolute atomic E-state index is 0.210. The Balaban J connectivity index is 1.97. The van der Waals surface area contributed by atoms with E-state index in [1.54, 1.807) is 13.8 Å². The largest absolute Gasteiger partial charge is 0.432 e. The van der Waals surface area contributed by atoms with Gasteiger partial charge in [-0.3, -0.25) is 14.5 Å². The van der Waals surface area contributed by atoms with Crippen molar-refractivity contribution in [3.8, 4) is 0 Å². The lowest BCUT2D eigenvalue weighted by Crippen LogP contribution is -2.56. The van der Waals surface area contributed by atoms with Crippen LogP contribution in [-0.2, 0) is 28.6 Å². The lowest BCUT2D eigenvalue weighted by molar-refractivity contribution is -0.162. The number of ether oxygens (including phenoxy) is 3. The summed E-state index contributed by atoms with van der Waals surface area (Å²) in [7, 11) is 0. The summed E-state index contributed by atoms with van der Waals surface area (Å²) in [6, 6.07) is -0.736. The number of esters is 1. The van der Waals surface area contributed by atoms with Gasteiger partial charge in [-0.25, -0.2) is 4.79 Å². The molecule has 0 aromatic rings. The van der Waals surface area contributed by atoms with Gasteiger partial charge >= 0.3 is 5.97 Å². The fraction of sp³-hybridized carbons (Fsp3) is 0.897. The van der Waals surface area contributed by atoms with Crippen molar-refractivity contribution < 1.29 is 28.6 Å². The van der Waals surface area contributed by atoms with Crippen LogP contribution >= 0.6 is 0 Å². The minimum atomic E-state index is -1.07. The van der Waals surface area contributed by atoms with E-state index in [2.05, 4.69) is 22.5 Å². The second-order valence-electron chi connectivity index (χ2n) is 12.3. The molecule has 2 aliphatic heterocycles. The van der Waals surface area contributed by atoms with Gasteiger partial charge in [0.25, 0.3) is 0 Å². The average Bonchev–Trinajstić information content (AvgIpc) is 3.13. The summed E-state index contributed by atoms with van der Waals surface area (Å²) < 4.78 is 16.6. The highest BCUT2D eigenvalue weighted by Gasteiger charge is 2.48. The summed E-state index contributed by atoms with van der Waals surface area (Å²) in [5.74, 6) is -2.84. The third-order valence-electron chi connectivity index (χ3n) is 7.28. The highest BCUT2D eigenvalue weighted by atomic mass is 16.8. The zero-order chi connectivity index (χ0) is 28.2. The molecule has 2 aliphatic rings. The summed E-state index contributed by atoms with van der Waals surface area (Å²) in [4.78, 5) is 41.8. The second kappa shape index (κ2) is 15.8. The maximum absolute atomic E-state index is 13.6. The molecule has 0 saturated carbocycles. The number of amides is 2. The van der Waals surface area contributed by atoms with Crippen LogP contribution in [0.2, 0.25) is 0 Å². The average molecular weight is 540 g/mol. The van der Waals surface area contributed by atoms with E-state index >= 15 is 0 Å². The standard InChI is InChI=1S/C29H53N3O6/c1-7-8-9-10-11-12-13-15-22(23-27(35)38-29(5,6)37-23)25(33)31-24(28(2,3)4)26(34)30-16-14-17-32-18-20-36-21-19-32/h22-24H,7-21H2,1-6H3,(H,30,34)(H,31,33)/t22-,23+,24-/m1/s1. The summed E-state index contributed by atoms with van der Waals surface area (Å²) in [6.45, 7) is 16.1. The van der Waals surface area contributed by atoms with E-state index in [1.807, 2.05) is 20.8 Å². The van der Waals surface area contributed by atoms with Crippen LogP contribution in [0, 0.1) is 11.3 Å². The van der Waals surface area contributed by atoms with Crippen molar-refractivity contribution in [2.45, 2.75) is 117 Å². The number of nitrogens with one attached hydrogen (secondary N) is 2. The zero-order valence-electron chi connectivity index (χ0n) is 24.7. The predicted octanol–water partition coefficient (Wildman–Crippen LogP) is 3.79. The first kappa shape index (κ1) is 32.5. The Labute approximate surface area is 230 Å². The molecule has 2 rings (SSSR count). The first-order valence-electron chi connectivity index (χ1n) is 14.7. The van der Waals surface area contributed by atoms with E-state index in [-0.39, 0.29) is 11.8 Å². The maximum atomic E-state index is 13.6. The van der Waals surface area contributed by atoms with Crippen molar-refractivity contribution >= 4 is 17.8 Å². The summed E-state index contributed by atoms with van der Waals surface area (Å²) in [5.41, 5.74) is -0.510. The van der Waals surface area contributed by atoms with Gasteiger partial charge in [0, 0.05) is 33.5 Å². The smallest absolute Gasteiger partial charge is 0.338 e. The van der Waals surface area contributed by atoms with Gasteiger partial charge in [0.15, 0.2) is 6.10 Å². The Morgan fingerprint density at radius 1 is 1.00 bits per heavy atom. The van der Waals surface area contributed by atoms with Crippen LogP contribution in [0.25, 0.3) is 0 Å². The van der Waals surface area contributed by atoms with Gasteiger partial charge in [0.1, 0.15) is 6.04 Å². The highest BCUT2D eigenvalue weighted by Crippen LogP contribution is 2.31. The van der Waals surface area contributed by atoms with Crippen molar-refractivity contribution in [1.29, 1.82) is 0 Å². The number of morpholine rings is 1. The van der Waals surface area contributed by atoms with Gasteiger partial charge < -0.3 is 24.8 Å². The molecule has 3 atom stereocenters. The molecular formula is C29H53N3O6. The Kier molecular flexibility index (Phi) is 13.5. The number of carbonyl (C=O) groups is 3. The van der Waals surface area contributed by atoms with E-state index in [1.165, 1.54) is 25.7 Å². The van der Waals surface area contributed by atoms with Crippen molar-refractivity contribution in [2.75, 3.05) is 39.4 Å². The third-order valence-corrected chi connectivity index (χ3v) is 7.28. The van der Waals surface area contributed by atoms with Crippen molar-refractivity contribution in [2.24, 2.45) is 11.3 Å². The van der Waals surface area contributed by atoms with Crippen LogP contribution in [0.3, 0.4) is 0 Å². The molecule has 2 fully saturated rings. The normalized spacial score (nSPS) is 21.5. The number of hydrogen-bond donors (Lipinski definition) is 2. The lowest BCUT2D eigenvalue weighted by Gasteiger charge is -2.32. The number of nitrogens with zero attached hydrogens (tertiary/aromatic N) is 1. The Hall–Kier alpha value is -1.71. The number of carbonyl (C=O) groups excluding carboxylic acids is 3. The van der Waals surface area contributed by atoms with Crippen LogP contribution in [0.15, 0.2) is 0 Å². The Morgan fingerprint density at radius 3 is 2.21 bits per heavy atom. The van der Waals surface area contributed by atoms with Gasteiger partial charge in [-0.2, -0.15) is 0 Å². The van der Waals surface area contributed by atoms with E-state index in [0.29, 0.717) is 13.0 Å². The van der Waals surface area contributed by atoms with Crippen molar-refractivity contribution in [3.63, 3.8) is 0 Å². The molecular weight excluding hydrogens is 486 g/mol. The van der Waals surface area contributed by atoms with Gasteiger partial charge in [0.2, 0.25) is 17.6 Å². The molecule has 9 nitrogen and oxygen atoms in total. The Morgan fingerprint density at radius 2 is 1.63 bits per heavy atom. The number of hydrogen-bond acceptors (Lipinski definition) is 7. The number of rotatable bonds is 16. The first-order chi connectivity index (χ1) is 17.9. The summed E-state index contributed by atoms with van der Waals surface area (Å²) in [5, 5.41) is 5.98. The van der Waals surface area contributed by atoms with E-state index in [9.17, 15) is 14.4 Å². The minimum Gasteiger partial charge on any atom is -0.432 e. The lowest BCUT2D eigenvalue weighted by atomic mass is 9.85. The van der Waals surface area contributed by atoms with Gasteiger partial charge in [-0.05, 0) is 24.8 Å². The van der Waals surface area contributed by atoms with Crippen molar-refractivity contribution in [1.82, 2.24) is 15.5 Å². The zero-order valence-corrected chi connectivity index (χ0v) is 24.7. The second-order valence-corrected chi connectivity index (χ2v) is 12.3. The monoisotopic (exact) mass is 539 g/mol. The summed E-state index contributed by atoms with van der Waals surface area (Å²) in [6.07, 6.45) is 8.12. The molecule has 0 aromatic heterocycles. The van der Waals surface area contributed by atoms with Crippen LogP contribution in [0.1, 0.15) is 99.3 Å². The highest BCUT2D eigenvalue weighted by molar-refractivity contribution is 5.92. The SMILES string of the molecule is CCCCCCCCC[C@@H](C(=O)N[C@H](C(=O)NCCCN1CCOCC1)C(C)(C)C)[C@@H]1OC(C)(C)OC1=O. The Bertz CT molecular complexity index is 745. The van der Waals surface area contributed by atoms with Gasteiger partial charge in [0.05, 0.1) is 19.1 Å². The van der Waals surface area contributed by atoms with Gasteiger partial charge in [-0.15, -0.1) is 0 Å². The molecule has 2 amide bonds. The number of cyclic esters (lactones) is 1. The van der Waals surface area contributed by atoms with Crippen molar-refractivity contribution in [3.05, 3.63) is 0 Å². The topological polar surface area (TPSA) is 106 Å². The predicted molar refractivity (Wildman–Crippen MR) is 147 cm³/mol. The van der Waals surface area contributed by atoms with E-state index in [4.69, 9.17) is 14.2 Å². The molecule has 220 valence electrons.